The molecule has 312 valence electrons. The molecule has 0 N–H and O–H groups in total. The average Bonchev–Trinajstić information content (AvgIpc) is 3.79. The monoisotopic (exact) mass is 816 g/mol. The highest BCUT2D eigenvalue weighted by Crippen LogP contribution is 2.58. The van der Waals surface area contributed by atoms with E-state index < -0.39 is 0 Å². The molecular weight excluding hydrogens is 761 g/mol. The van der Waals surface area contributed by atoms with Crippen LogP contribution in [0, 0.1) is 0 Å². The van der Waals surface area contributed by atoms with Gasteiger partial charge < -0.3 is 19.3 Å². The third kappa shape index (κ3) is 6.59. The van der Waals surface area contributed by atoms with Crippen LogP contribution in [0.15, 0.2) is 140 Å². The van der Waals surface area contributed by atoms with Crippen LogP contribution in [0.3, 0.4) is 0 Å². The molecule has 2 aromatic heterocycles. The molecule has 6 heteroatoms. The standard InChI is InChI=1S/C56H56N4O2/c1-35(2)36-19-24-47-44(29-36)43-22-21-42(33-49(43)60(47)51-31-38(27-28-57-51)55(6,7)8)61-41-18-14-17-40(32-41)58-34-59(39-15-12-11-13-16-39)52-48(58)25-23-45-53(52)62-50-26-20-37(54(3,4)5)30-46(50)56(45,9)10/h11-33,35H,34H2,1-10H3. The highest BCUT2D eigenvalue weighted by Gasteiger charge is 2.41. The highest BCUT2D eigenvalue weighted by molar-refractivity contribution is 6.09. The molecule has 4 heterocycles. The van der Waals surface area contributed by atoms with Crippen LogP contribution in [0.4, 0.5) is 22.7 Å². The van der Waals surface area contributed by atoms with Crippen molar-refractivity contribution in [2.75, 3.05) is 16.5 Å². The lowest BCUT2D eigenvalue weighted by atomic mass is 9.73. The fraction of sp³-hybridized carbons (Fsp3) is 0.268. The second-order valence-corrected chi connectivity index (χ2v) is 20.0. The minimum absolute atomic E-state index is 0.0145. The van der Waals surface area contributed by atoms with Crippen molar-refractivity contribution in [2.24, 2.45) is 0 Å². The third-order valence-corrected chi connectivity index (χ3v) is 13.1. The van der Waals surface area contributed by atoms with Gasteiger partial charge in [-0.25, -0.2) is 4.98 Å². The number of para-hydroxylation sites is 1. The van der Waals surface area contributed by atoms with Crippen molar-refractivity contribution in [3.63, 3.8) is 0 Å². The van der Waals surface area contributed by atoms with Crippen molar-refractivity contribution in [2.45, 2.75) is 91.4 Å². The van der Waals surface area contributed by atoms with Gasteiger partial charge in [0, 0.05) is 57.0 Å². The van der Waals surface area contributed by atoms with Crippen molar-refractivity contribution >= 4 is 44.6 Å². The fourth-order valence-electron chi connectivity index (χ4n) is 9.34. The summed E-state index contributed by atoms with van der Waals surface area (Å²) >= 11 is 0. The van der Waals surface area contributed by atoms with Crippen LogP contribution in [0.25, 0.3) is 27.6 Å². The lowest BCUT2D eigenvalue weighted by molar-refractivity contribution is 0.418. The van der Waals surface area contributed by atoms with E-state index in [1.807, 2.05) is 12.3 Å². The van der Waals surface area contributed by atoms with Gasteiger partial charge in [-0.05, 0) is 106 Å². The molecule has 2 aliphatic heterocycles. The third-order valence-electron chi connectivity index (χ3n) is 13.1. The molecule has 0 saturated heterocycles. The Morgan fingerprint density at radius 2 is 1.37 bits per heavy atom. The first-order chi connectivity index (χ1) is 29.6. The Kier molecular flexibility index (Phi) is 9.11. The quantitative estimate of drug-likeness (QED) is 0.167. The van der Waals surface area contributed by atoms with Crippen LogP contribution in [-0.2, 0) is 16.2 Å². The largest absolute Gasteiger partial charge is 0.457 e. The molecule has 6 aromatic carbocycles. The molecule has 0 bridgehead atoms. The van der Waals surface area contributed by atoms with Crippen LogP contribution >= 0.6 is 0 Å². The van der Waals surface area contributed by atoms with Gasteiger partial charge in [0.1, 0.15) is 35.4 Å². The van der Waals surface area contributed by atoms with Crippen molar-refractivity contribution in [1.82, 2.24) is 9.55 Å². The van der Waals surface area contributed by atoms with Crippen molar-refractivity contribution in [1.29, 1.82) is 0 Å². The van der Waals surface area contributed by atoms with Gasteiger partial charge in [-0.2, -0.15) is 0 Å². The number of benzene rings is 6. The zero-order chi connectivity index (χ0) is 43.3. The first-order valence-corrected chi connectivity index (χ1v) is 22.0. The Bertz CT molecular complexity index is 3040. The van der Waals surface area contributed by atoms with Gasteiger partial charge in [0.05, 0.1) is 16.7 Å². The number of ether oxygens (including phenoxy) is 2. The van der Waals surface area contributed by atoms with Crippen LogP contribution in [-0.4, -0.2) is 16.2 Å². The molecule has 2 aliphatic rings. The van der Waals surface area contributed by atoms with Crippen molar-refractivity contribution in [3.05, 3.63) is 167 Å². The highest BCUT2D eigenvalue weighted by atomic mass is 16.5. The second kappa shape index (κ2) is 14.3. The molecule has 0 spiro atoms. The van der Waals surface area contributed by atoms with Gasteiger partial charge in [0.15, 0.2) is 5.75 Å². The fourth-order valence-corrected chi connectivity index (χ4v) is 9.34. The molecule has 8 aromatic rings. The van der Waals surface area contributed by atoms with E-state index in [4.69, 9.17) is 14.5 Å². The topological polar surface area (TPSA) is 42.8 Å². The second-order valence-electron chi connectivity index (χ2n) is 20.0. The average molecular weight is 817 g/mol. The van der Waals surface area contributed by atoms with E-state index in [0.717, 1.165) is 62.6 Å². The Balaban J connectivity index is 1.05. The number of pyridine rings is 1. The summed E-state index contributed by atoms with van der Waals surface area (Å²) in [5.41, 5.74) is 12.5. The molecule has 0 atom stereocenters. The summed E-state index contributed by atoms with van der Waals surface area (Å²) < 4.78 is 16.1. The van der Waals surface area contributed by atoms with Crippen LogP contribution in [0.1, 0.15) is 103 Å². The smallest absolute Gasteiger partial charge is 0.157 e. The first kappa shape index (κ1) is 39.6. The van der Waals surface area contributed by atoms with Crippen LogP contribution in [0.2, 0.25) is 0 Å². The molecule has 0 radical (unpaired) electrons. The van der Waals surface area contributed by atoms with Crippen LogP contribution in [0.5, 0.6) is 23.0 Å². The number of hydrogen-bond acceptors (Lipinski definition) is 5. The number of rotatable bonds is 6. The van der Waals surface area contributed by atoms with E-state index in [9.17, 15) is 0 Å². The molecule has 0 amide bonds. The van der Waals surface area contributed by atoms with Gasteiger partial charge in [-0.3, -0.25) is 4.57 Å². The first-order valence-electron chi connectivity index (χ1n) is 22.0. The Morgan fingerprint density at radius 3 is 2.13 bits per heavy atom. The van der Waals surface area contributed by atoms with E-state index in [0.29, 0.717) is 12.6 Å². The number of hydrogen-bond donors (Lipinski definition) is 0. The summed E-state index contributed by atoms with van der Waals surface area (Å²) in [4.78, 5) is 9.68. The molecule has 0 saturated carbocycles. The molecule has 10 rings (SSSR count). The van der Waals surface area contributed by atoms with Gasteiger partial charge in [0.25, 0.3) is 0 Å². The molecular formula is C56H56N4O2. The minimum Gasteiger partial charge on any atom is -0.457 e. The lowest BCUT2D eigenvalue weighted by Crippen LogP contribution is -2.27. The van der Waals surface area contributed by atoms with Crippen molar-refractivity contribution < 1.29 is 9.47 Å². The van der Waals surface area contributed by atoms with E-state index in [1.165, 1.54) is 38.6 Å². The minimum atomic E-state index is -0.266. The summed E-state index contributed by atoms with van der Waals surface area (Å²) in [5.74, 6) is 4.67. The lowest BCUT2D eigenvalue weighted by Gasteiger charge is -2.37. The Labute approximate surface area is 366 Å². The van der Waals surface area contributed by atoms with E-state index in [-0.39, 0.29) is 16.2 Å². The zero-order valence-electron chi connectivity index (χ0n) is 37.7. The SMILES string of the molecule is CC(C)c1ccc2c(c1)c1ccc(Oc3cccc(N4CN(c5ccccc5)c5c4ccc4c5Oc5ccc(C(C)(C)C)cc5C4(C)C)c3)cc1n2-c1cc(C(C)(C)C)ccn1. The van der Waals surface area contributed by atoms with E-state index in [2.05, 4.69) is 211 Å². The molecule has 0 unspecified atom stereocenters. The van der Waals surface area contributed by atoms with Gasteiger partial charge in [-0.15, -0.1) is 0 Å². The molecule has 0 aliphatic carbocycles. The van der Waals surface area contributed by atoms with Gasteiger partial charge >= 0.3 is 0 Å². The Morgan fingerprint density at radius 1 is 0.629 bits per heavy atom. The predicted molar refractivity (Wildman–Crippen MR) is 257 cm³/mol. The summed E-state index contributed by atoms with van der Waals surface area (Å²) in [6.45, 7) is 23.3. The van der Waals surface area contributed by atoms with Crippen molar-refractivity contribution in [3.8, 4) is 28.8 Å². The van der Waals surface area contributed by atoms with Gasteiger partial charge in [0.2, 0.25) is 0 Å². The maximum absolute atomic E-state index is 7.00. The number of nitrogens with zero attached hydrogens (tertiary/aromatic N) is 4. The van der Waals surface area contributed by atoms with Crippen LogP contribution < -0.4 is 19.3 Å². The maximum atomic E-state index is 7.00. The number of anilines is 4. The molecule has 0 fully saturated rings. The van der Waals surface area contributed by atoms with E-state index in [1.54, 1.807) is 0 Å². The molecule has 6 nitrogen and oxygen atoms in total. The summed E-state index contributed by atoms with van der Waals surface area (Å²) in [5, 5.41) is 2.39. The summed E-state index contributed by atoms with van der Waals surface area (Å²) in [6.07, 6.45) is 1.93. The number of aromatic nitrogens is 2. The molecule has 62 heavy (non-hydrogen) atoms. The zero-order valence-corrected chi connectivity index (χ0v) is 37.7. The number of fused-ring (bicyclic) bond motifs is 7. The maximum Gasteiger partial charge on any atom is 0.157 e. The normalized spacial score (nSPS) is 14.6. The Hall–Kier alpha value is -6.53. The van der Waals surface area contributed by atoms with Gasteiger partial charge in [-0.1, -0.05) is 118 Å². The summed E-state index contributed by atoms with van der Waals surface area (Å²) in [6, 6.07) is 48.0. The predicted octanol–water partition coefficient (Wildman–Crippen LogP) is 15.4. The van der Waals surface area contributed by atoms with E-state index >= 15 is 0 Å². The summed E-state index contributed by atoms with van der Waals surface area (Å²) in [7, 11) is 0.